The molecule has 0 saturated carbocycles. The van der Waals surface area contributed by atoms with E-state index >= 15 is 0 Å². The van der Waals surface area contributed by atoms with Crippen LogP contribution in [0, 0.1) is 5.92 Å². The van der Waals surface area contributed by atoms with E-state index in [4.69, 9.17) is 7.85 Å². The normalized spacial score (nSPS) is 15.3. The Bertz CT molecular complexity index is 154. The summed E-state index contributed by atoms with van der Waals surface area (Å²) in [6.45, 7) is 9.05. The topological polar surface area (TPSA) is 0 Å². The molecule has 0 bridgehead atoms. The van der Waals surface area contributed by atoms with Crippen molar-refractivity contribution >= 4 is 7.85 Å². The Kier molecular flexibility index (Phi) is 9.17. The summed E-state index contributed by atoms with van der Waals surface area (Å²) in [6.07, 6.45) is 11.8. The minimum Gasteiger partial charge on any atom is -0.0654 e. The molecule has 0 rings (SSSR count). The number of hydrogen-bond donors (Lipinski definition) is 0. The molecule has 94 valence electrons. The van der Waals surface area contributed by atoms with Gasteiger partial charge in [-0.15, -0.1) is 0 Å². The van der Waals surface area contributed by atoms with Crippen LogP contribution in [0.2, 0.25) is 5.31 Å². The van der Waals surface area contributed by atoms with Crippen molar-refractivity contribution in [3.63, 3.8) is 0 Å². The van der Waals surface area contributed by atoms with Gasteiger partial charge in [-0.05, 0) is 5.92 Å². The largest absolute Gasteiger partial charge is 0.0749 e. The number of hydrogen-bond acceptors (Lipinski definition) is 0. The SMILES string of the molecule is [B]C(CCC)(CCCCCCCC)C(C)C. The third kappa shape index (κ3) is 6.61. The van der Waals surface area contributed by atoms with Crippen LogP contribution in [-0.4, -0.2) is 7.85 Å². The van der Waals surface area contributed by atoms with E-state index in [9.17, 15) is 0 Å². The maximum absolute atomic E-state index is 6.49. The van der Waals surface area contributed by atoms with Crippen LogP contribution in [0.25, 0.3) is 0 Å². The second-order valence-corrected chi connectivity index (χ2v) is 5.66. The van der Waals surface area contributed by atoms with Crippen LogP contribution in [-0.2, 0) is 0 Å². The highest BCUT2D eigenvalue weighted by molar-refractivity contribution is 6.15. The Labute approximate surface area is 105 Å². The average molecular weight is 222 g/mol. The van der Waals surface area contributed by atoms with Gasteiger partial charge in [-0.25, -0.2) is 0 Å². The monoisotopic (exact) mass is 222 g/mol. The van der Waals surface area contributed by atoms with Gasteiger partial charge in [-0.1, -0.05) is 90.8 Å². The molecule has 1 unspecified atom stereocenters. The lowest BCUT2D eigenvalue weighted by atomic mass is 9.57. The van der Waals surface area contributed by atoms with Gasteiger partial charge in [0, 0.05) is 0 Å². The van der Waals surface area contributed by atoms with E-state index in [1.165, 1.54) is 57.8 Å². The molecule has 16 heavy (non-hydrogen) atoms. The first-order valence-corrected chi connectivity index (χ1v) is 7.35. The highest BCUT2D eigenvalue weighted by atomic mass is 14.3. The maximum atomic E-state index is 6.49. The molecule has 0 fully saturated rings. The molecule has 1 atom stereocenters. The third-order valence-electron chi connectivity index (χ3n) is 3.86. The lowest BCUT2D eigenvalue weighted by Crippen LogP contribution is -2.19. The molecule has 0 amide bonds. The zero-order chi connectivity index (χ0) is 12.4. The van der Waals surface area contributed by atoms with Gasteiger partial charge in [0.1, 0.15) is 0 Å². The first kappa shape index (κ1) is 16.1. The number of rotatable bonds is 10. The summed E-state index contributed by atoms with van der Waals surface area (Å²) in [5.74, 6) is 0.614. The van der Waals surface area contributed by atoms with Gasteiger partial charge in [0.15, 0.2) is 0 Å². The zero-order valence-electron chi connectivity index (χ0n) is 12.0. The van der Waals surface area contributed by atoms with E-state index < -0.39 is 0 Å². The molecule has 0 aliphatic rings. The Morgan fingerprint density at radius 1 is 0.812 bits per heavy atom. The molecule has 0 heterocycles. The van der Waals surface area contributed by atoms with Gasteiger partial charge in [0.2, 0.25) is 0 Å². The predicted octanol–water partition coefficient (Wildman–Crippen LogP) is 5.52. The second-order valence-electron chi connectivity index (χ2n) is 5.66. The highest BCUT2D eigenvalue weighted by Gasteiger charge is 2.25. The highest BCUT2D eigenvalue weighted by Crippen LogP contribution is 2.42. The van der Waals surface area contributed by atoms with Crippen molar-refractivity contribution in [2.75, 3.05) is 0 Å². The minimum absolute atomic E-state index is 0.0967. The van der Waals surface area contributed by atoms with Gasteiger partial charge >= 0.3 is 0 Å². The predicted molar refractivity (Wildman–Crippen MR) is 76.2 cm³/mol. The average Bonchev–Trinajstić information content (AvgIpc) is 2.23. The van der Waals surface area contributed by atoms with Gasteiger partial charge in [-0.3, -0.25) is 0 Å². The van der Waals surface area contributed by atoms with Crippen molar-refractivity contribution in [1.29, 1.82) is 0 Å². The molecule has 0 spiro atoms. The molecular weight excluding hydrogens is 191 g/mol. The fourth-order valence-electron chi connectivity index (χ4n) is 2.40. The van der Waals surface area contributed by atoms with Crippen molar-refractivity contribution in [2.24, 2.45) is 5.92 Å². The maximum Gasteiger partial charge on any atom is 0.0749 e. The molecule has 0 aliphatic heterocycles. The van der Waals surface area contributed by atoms with E-state index in [1.807, 2.05) is 0 Å². The van der Waals surface area contributed by atoms with Gasteiger partial charge < -0.3 is 0 Å². The van der Waals surface area contributed by atoms with Gasteiger partial charge in [0.25, 0.3) is 0 Å². The molecule has 0 aromatic carbocycles. The van der Waals surface area contributed by atoms with E-state index in [2.05, 4.69) is 27.7 Å². The molecule has 0 aliphatic carbocycles. The van der Waals surface area contributed by atoms with Crippen LogP contribution in [0.5, 0.6) is 0 Å². The molecule has 0 aromatic heterocycles. The fraction of sp³-hybridized carbons (Fsp3) is 1.00. The lowest BCUT2D eigenvalue weighted by Gasteiger charge is -2.34. The molecule has 0 nitrogen and oxygen atoms in total. The van der Waals surface area contributed by atoms with Crippen molar-refractivity contribution < 1.29 is 0 Å². The van der Waals surface area contributed by atoms with Crippen LogP contribution in [0.4, 0.5) is 0 Å². The van der Waals surface area contributed by atoms with Gasteiger partial charge in [0.05, 0.1) is 7.85 Å². The second kappa shape index (κ2) is 9.13. The third-order valence-corrected chi connectivity index (χ3v) is 3.86. The Hall–Kier alpha value is 0.0649. The summed E-state index contributed by atoms with van der Waals surface area (Å²) in [6, 6.07) is 0. The molecule has 0 saturated heterocycles. The summed E-state index contributed by atoms with van der Waals surface area (Å²) in [5.41, 5.74) is 0. The van der Waals surface area contributed by atoms with Crippen molar-refractivity contribution in [3.05, 3.63) is 0 Å². The Morgan fingerprint density at radius 2 is 1.38 bits per heavy atom. The van der Waals surface area contributed by atoms with Crippen molar-refractivity contribution in [1.82, 2.24) is 0 Å². The summed E-state index contributed by atoms with van der Waals surface area (Å²) >= 11 is 0. The zero-order valence-corrected chi connectivity index (χ0v) is 12.0. The van der Waals surface area contributed by atoms with E-state index in [-0.39, 0.29) is 5.31 Å². The first-order chi connectivity index (χ1) is 7.56. The lowest BCUT2D eigenvalue weighted by molar-refractivity contribution is 0.344. The van der Waals surface area contributed by atoms with Crippen LogP contribution >= 0.6 is 0 Å². The summed E-state index contributed by atoms with van der Waals surface area (Å²) in [5, 5.41) is 0.0967. The minimum atomic E-state index is 0.0967. The quantitative estimate of drug-likeness (QED) is 0.337. The van der Waals surface area contributed by atoms with Crippen LogP contribution in [0.1, 0.15) is 85.5 Å². The van der Waals surface area contributed by atoms with E-state index in [0.29, 0.717) is 5.92 Å². The van der Waals surface area contributed by atoms with Gasteiger partial charge in [-0.2, -0.15) is 0 Å². The standard InChI is InChI=1S/C15H31B/c1-5-7-8-9-10-11-13-15(16,12-6-2)14(3)4/h14H,5-13H2,1-4H3. The van der Waals surface area contributed by atoms with E-state index in [1.54, 1.807) is 0 Å². The fourth-order valence-corrected chi connectivity index (χ4v) is 2.40. The Balaban J connectivity index is 3.68. The van der Waals surface area contributed by atoms with Crippen LogP contribution in [0.3, 0.4) is 0 Å². The Morgan fingerprint density at radius 3 is 1.88 bits per heavy atom. The van der Waals surface area contributed by atoms with Crippen molar-refractivity contribution in [2.45, 2.75) is 90.8 Å². The first-order valence-electron chi connectivity index (χ1n) is 7.35. The molecular formula is C15H31B. The smallest absolute Gasteiger partial charge is 0.0654 e. The van der Waals surface area contributed by atoms with Crippen LogP contribution < -0.4 is 0 Å². The molecule has 0 aromatic rings. The summed E-state index contributed by atoms with van der Waals surface area (Å²) in [4.78, 5) is 0. The molecule has 2 radical (unpaired) electrons. The van der Waals surface area contributed by atoms with E-state index in [0.717, 1.165) is 0 Å². The molecule has 1 heteroatoms. The van der Waals surface area contributed by atoms with Crippen molar-refractivity contribution in [3.8, 4) is 0 Å². The van der Waals surface area contributed by atoms with Crippen LogP contribution in [0.15, 0.2) is 0 Å². The molecule has 0 N–H and O–H groups in total. The summed E-state index contributed by atoms with van der Waals surface area (Å²) in [7, 11) is 6.49. The number of unbranched alkanes of at least 4 members (excludes halogenated alkanes) is 5. The summed E-state index contributed by atoms with van der Waals surface area (Å²) < 4.78 is 0.